The number of halogens is 2. The summed E-state index contributed by atoms with van der Waals surface area (Å²) in [4.78, 5) is 24.1. The first-order valence-corrected chi connectivity index (χ1v) is 10.8. The lowest BCUT2D eigenvalue weighted by Gasteiger charge is -2.12. The Morgan fingerprint density at radius 2 is 1.81 bits per heavy atom. The average Bonchev–Trinajstić information content (AvgIpc) is 2.75. The molecular formula is C20H21BrClN3O5S. The van der Waals surface area contributed by atoms with Crippen LogP contribution in [0.25, 0.3) is 0 Å². The number of rotatable bonds is 9. The van der Waals surface area contributed by atoms with Gasteiger partial charge in [0.2, 0.25) is 0 Å². The van der Waals surface area contributed by atoms with Crippen LogP contribution in [-0.4, -0.2) is 43.4 Å². The fourth-order valence-corrected chi connectivity index (χ4v) is 3.11. The highest BCUT2D eigenvalue weighted by Gasteiger charge is 2.10. The van der Waals surface area contributed by atoms with E-state index in [1.54, 1.807) is 42.5 Å². The maximum Gasteiger partial charge on any atom is 0.276 e. The van der Waals surface area contributed by atoms with Crippen molar-refractivity contribution in [1.82, 2.24) is 16.2 Å². The summed E-state index contributed by atoms with van der Waals surface area (Å²) in [6.07, 6.45) is 0. The van der Waals surface area contributed by atoms with Gasteiger partial charge >= 0.3 is 0 Å². The molecule has 0 saturated heterocycles. The van der Waals surface area contributed by atoms with E-state index in [9.17, 15) is 9.59 Å². The van der Waals surface area contributed by atoms with Gasteiger partial charge in [-0.3, -0.25) is 25.8 Å². The van der Waals surface area contributed by atoms with E-state index < -0.39 is 11.8 Å². The van der Waals surface area contributed by atoms with Gasteiger partial charge in [-0.25, -0.2) is 0 Å². The number of ether oxygens (including phenoxy) is 3. The van der Waals surface area contributed by atoms with Gasteiger partial charge in [-0.05, 0) is 77.5 Å². The van der Waals surface area contributed by atoms with E-state index in [0.29, 0.717) is 46.4 Å². The third-order valence-electron chi connectivity index (χ3n) is 3.61. The number of thiocarbonyl (C=S) groups is 1. The highest BCUT2D eigenvalue weighted by Crippen LogP contribution is 2.27. The Morgan fingerprint density at radius 3 is 2.48 bits per heavy atom. The van der Waals surface area contributed by atoms with Crippen molar-refractivity contribution in [3.63, 3.8) is 0 Å². The predicted octanol–water partition coefficient (Wildman–Crippen LogP) is 3.23. The van der Waals surface area contributed by atoms with Crippen LogP contribution in [0.4, 0.5) is 0 Å². The van der Waals surface area contributed by atoms with Crippen molar-refractivity contribution in [2.24, 2.45) is 0 Å². The van der Waals surface area contributed by atoms with E-state index in [-0.39, 0.29) is 11.7 Å². The number of carbonyl (C=O) groups excluding carboxylic acids is 2. The van der Waals surface area contributed by atoms with Crippen molar-refractivity contribution >= 4 is 56.7 Å². The predicted molar refractivity (Wildman–Crippen MR) is 124 cm³/mol. The highest BCUT2D eigenvalue weighted by atomic mass is 79.9. The fraction of sp³-hybridized carbons (Fsp3) is 0.250. The number of carbonyl (C=O) groups is 2. The Balaban J connectivity index is 1.71. The van der Waals surface area contributed by atoms with Crippen LogP contribution in [0.2, 0.25) is 5.02 Å². The van der Waals surface area contributed by atoms with Crippen molar-refractivity contribution < 1.29 is 23.8 Å². The Kier molecular flexibility index (Phi) is 10.5. The Morgan fingerprint density at radius 1 is 1.06 bits per heavy atom. The maximum absolute atomic E-state index is 12.2. The number of amides is 2. The molecule has 166 valence electrons. The van der Waals surface area contributed by atoms with Crippen LogP contribution in [0.1, 0.15) is 17.3 Å². The molecule has 0 bridgehead atoms. The van der Waals surface area contributed by atoms with Crippen molar-refractivity contribution in [2.45, 2.75) is 6.92 Å². The molecule has 2 aromatic rings. The minimum Gasteiger partial charge on any atom is -0.491 e. The van der Waals surface area contributed by atoms with Gasteiger partial charge in [0, 0.05) is 17.2 Å². The average molecular weight is 531 g/mol. The Hall–Kier alpha value is -2.40. The van der Waals surface area contributed by atoms with Crippen molar-refractivity contribution in [3.05, 3.63) is 57.5 Å². The molecule has 0 aliphatic carbocycles. The van der Waals surface area contributed by atoms with Crippen LogP contribution < -0.4 is 25.6 Å². The van der Waals surface area contributed by atoms with Gasteiger partial charge in [0.25, 0.3) is 11.8 Å². The second-order valence-electron chi connectivity index (χ2n) is 5.89. The molecule has 0 radical (unpaired) electrons. The summed E-state index contributed by atoms with van der Waals surface area (Å²) in [6.45, 7) is 3.18. The van der Waals surface area contributed by atoms with Crippen molar-refractivity contribution in [3.8, 4) is 11.5 Å². The van der Waals surface area contributed by atoms with Crippen molar-refractivity contribution in [1.29, 1.82) is 0 Å². The van der Waals surface area contributed by atoms with Gasteiger partial charge in [-0.15, -0.1) is 0 Å². The zero-order chi connectivity index (χ0) is 22.6. The lowest BCUT2D eigenvalue weighted by atomic mass is 10.2. The molecule has 0 fully saturated rings. The fourth-order valence-electron chi connectivity index (χ4n) is 2.17. The summed E-state index contributed by atoms with van der Waals surface area (Å²) in [5, 5.41) is 2.93. The van der Waals surface area contributed by atoms with Crippen LogP contribution in [0.3, 0.4) is 0 Å². The summed E-state index contributed by atoms with van der Waals surface area (Å²) in [5.74, 6) is 0.151. The highest BCUT2D eigenvalue weighted by molar-refractivity contribution is 9.10. The number of hydrogen-bond acceptors (Lipinski definition) is 6. The molecule has 8 nitrogen and oxygen atoms in total. The zero-order valence-electron chi connectivity index (χ0n) is 16.6. The minimum absolute atomic E-state index is 0.0666. The second kappa shape index (κ2) is 13.1. The van der Waals surface area contributed by atoms with E-state index in [1.165, 1.54) is 0 Å². The van der Waals surface area contributed by atoms with Crippen LogP contribution in [0.5, 0.6) is 11.5 Å². The van der Waals surface area contributed by atoms with Gasteiger partial charge < -0.3 is 14.2 Å². The van der Waals surface area contributed by atoms with Gasteiger partial charge in [0.1, 0.15) is 18.1 Å². The van der Waals surface area contributed by atoms with Crippen LogP contribution in [0, 0.1) is 0 Å². The molecule has 0 unspecified atom stereocenters. The summed E-state index contributed by atoms with van der Waals surface area (Å²) >= 11 is 14.2. The summed E-state index contributed by atoms with van der Waals surface area (Å²) in [7, 11) is 0. The largest absolute Gasteiger partial charge is 0.491 e. The molecule has 3 N–H and O–H groups in total. The SMILES string of the molecule is CCOCCOc1ccc(C(=O)NC(=S)NNC(=O)COc2ccc(Cl)cc2Br)cc1. The maximum atomic E-state index is 12.2. The van der Waals surface area contributed by atoms with Gasteiger partial charge in [0.05, 0.1) is 11.1 Å². The quantitative estimate of drug-likeness (QED) is 0.260. The first kappa shape index (κ1) is 24.9. The first-order valence-electron chi connectivity index (χ1n) is 9.17. The Bertz CT molecular complexity index is 914. The zero-order valence-corrected chi connectivity index (χ0v) is 19.7. The van der Waals surface area contributed by atoms with Gasteiger partial charge in [-0.1, -0.05) is 11.6 Å². The van der Waals surface area contributed by atoms with E-state index in [2.05, 4.69) is 32.1 Å². The molecule has 0 spiro atoms. The van der Waals surface area contributed by atoms with Crippen LogP contribution in [-0.2, 0) is 9.53 Å². The van der Waals surface area contributed by atoms with E-state index >= 15 is 0 Å². The van der Waals surface area contributed by atoms with Crippen LogP contribution in [0.15, 0.2) is 46.9 Å². The standard InChI is InChI=1S/C20H21BrClN3O5S/c1-2-28-9-10-29-15-6-3-13(4-7-15)19(27)23-20(31)25-24-18(26)12-30-17-8-5-14(22)11-16(17)21/h3-8,11H,2,9-10,12H2,1H3,(H,24,26)(H2,23,25,27,31). The number of hydrazine groups is 1. The first-order chi connectivity index (χ1) is 14.9. The van der Waals surface area contributed by atoms with Gasteiger partial charge in [-0.2, -0.15) is 0 Å². The number of hydrogen-bond donors (Lipinski definition) is 3. The molecule has 2 rings (SSSR count). The van der Waals surface area contributed by atoms with Gasteiger partial charge in [0.15, 0.2) is 11.7 Å². The molecule has 31 heavy (non-hydrogen) atoms. The minimum atomic E-state index is -0.494. The lowest BCUT2D eigenvalue weighted by Crippen LogP contribution is -2.49. The molecule has 0 saturated carbocycles. The molecule has 0 atom stereocenters. The number of benzene rings is 2. The molecule has 0 aromatic heterocycles. The summed E-state index contributed by atoms with van der Waals surface area (Å²) < 4.78 is 16.7. The van der Waals surface area contributed by atoms with E-state index in [0.717, 1.165) is 0 Å². The molecule has 11 heteroatoms. The molecule has 0 heterocycles. The monoisotopic (exact) mass is 529 g/mol. The van der Waals surface area contributed by atoms with E-state index in [4.69, 9.17) is 38.0 Å². The number of nitrogens with one attached hydrogen (secondary N) is 3. The summed E-state index contributed by atoms with van der Waals surface area (Å²) in [6, 6.07) is 11.5. The summed E-state index contributed by atoms with van der Waals surface area (Å²) in [5.41, 5.74) is 5.16. The third kappa shape index (κ3) is 9.09. The topological polar surface area (TPSA) is 97.9 Å². The molecule has 2 aromatic carbocycles. The molecule has 2 amide bonds. The second-order valence-corrected chi connectivity index (χ2v) is 7.59. The van der Waals surface area contributed by atoms with E-state index in [1.807, 2.05) is 6.92 Å². The van der Waals surface area contributed by atoms with Crippen LogP contribution >= 0.6 is 39.7 Å². The van der Waals surface area contributed by atoms with Crippen molar-refractivity contribution in [2.75, 3.05) is 26.4 Å². The third-order valence-corrected chi connectivity index (χ3v) is 4.67. The normalized spacial score (nSPS) is 10.2. The Labute approximate surface area is 198 Å². The smallest absolute Gasteiger partial charge is 0.276 e. The lowest BCUT2D eigenvalue weighted by molar-refractivity contribution is -0.123. The molecule has 0 aliphatic heterocycles. The molecule has 0 aliphatic rings. The molecular weight excluding hydrogens is 510 g/mol.